The number of halogens is 1. The fraction of sp³-hybridized carbons (Fsp3) is 0.467. The van der Waals surface area contributed by atoms with E-state index in [9.17, 15) is 9.59 Å². The van der Waals surface area contributed by atoms with Crippen molar-refractivity contribution in [2.24, 2.45) is 0 Å². The van der Waals surface area contributed by atoms with Gasteiger partial charge in [-0.2, -0.15) is 0 Å². The molecule has 0 bridgehead atoms. The van der Waals surface area contributed by atoms with Crippen molar-refractivity contribution in [2.75, 3.05) is 0 Å². The highest BCUT2D eigenvalue weighted by atomic mass is 79.9. The normalized spacial score (nSPS) is 16.7. The lowest BCUT2D eigenvalue weighted by Gasteiger charge is -2.17. The predicted molar refractivity (Wildman–Crippen MR) is 79.4 cm³/mol. The van der Waals surface area contributed by atoms with Gasteiger partial charge in [-0.3, -0.25) is 4.79 Å². The van der Waals surface area contributed by atoms with Crippen LogP contribution in [-0.4, -0.2) is 24.0 Å². The number of hydrogen-bond donors (Lipinski definition) is 1. The van der Waals surface area contributed by atoms with Crippen molar-refractivity contribution >= 4 is 27.8 Å². The molecule has 1 aliphatic carbocycles. The van der Waals surface area contributed by atoms with Crippen molar-refractivity contribution in [3.63, 3.8) is 0 Å². The Balaban J connectivity index is 1.86. The molecule has 0 aliphatic heterocycles. The third-order valence-electron chi connectivity index (χ3n) is 3.43. The third-order valence-corrected chi connectivity index (χ3v) is 3.96. The number of amides is 1. The summed E-state index contributed by atoms with van der Waals surface area (Å²) in [5.74, 6) is -0.700. The Morgan fingerprint density at radius 1 is 1.25 bits per heavy atom. The first kappa shape index (κ1) is 15.0. The third kappa shape index (κ3) is 4.07. The van der Waals surface area contributed by atoms with Crippen LogP contribution < -0.4 is 5.32 Å². The van der Waals surface area contributed by atoms with Gasteiger partial charge in [0, 0.05) is 10.5 Å². The van der Waals surface area contributed by atoms with E-state index < -0.39 is 12.1 Å². The molecule has 1 fully saturated rings. The smallest absolute Gasteiger partial charge is 0.338 e. The van der Waals surface area contributed by atoms with Crippen LogP contribution in [0.5, 0.6) is 0 Å². The highest BCUT2D eigenvalue weighted by Gasteiger charge is 2.23. The zero-order chi connectivity index (χ0) is 14.5. The predicted octanol–water partition coefficient (Wildman–Crippen LogP) is 3.05. The highest BCUT2D eigenvalue weighted by Crippen LogP contribution is 2.18. The minimum Gasteiger partial charge on any atom is -0.449 e. The molecule has 1 N–H and O–H groups in total. The Bertz CT molecular complexity index is 480. The molecule has 0 unspecified atom stereocenters. The SMILES string of the molecule is C[C@H](OC(=O)c1ccc(Br)cc1)C(=O)NC1CCCC1. The topological polar surface area (TPSA) is 55.4 Å². The van der Waals surface area contributed by atoms with Crippen molar-refractivity contribution in [3.05, 3.63) is 34.3 Å². The van der Waals surface area contributed by atoms with Gasteiger partial charge in [0.2, 0.25) is 0 Å². The molecule has 1 aromatic rings. The lowest BCUT2D eigenvalue weighted by Crippen LogP contribution is -2.40. The molecule has 5 heteroatoms. The van der Waals surface area contributed by atoms with Gasteiger partial charge in [-0.15, -0.1) is 0 Å². The molecule has 0 spiro atoms. The van der Waals surface area contributed by atoms with Crippen molar-refractivity contribution in [1.29, 1.82) is 0 Å². The lowest BCUT2D eigenvalue weighted by molar-refractivity contribution is -0.129. The summed E-state index contributed by atoms with van der Waals surface area (Å²) in [6, 6.07) is 7.08. The summed E-state index contributed by atoms with van der Waals surface area (Å²) in [5.41, 5.74) is 0.439. The summed E-state index contributed by atoms with van der Waals surface area (Å²) < 4.78 is 6.07. The second-order valence-electron chi connectivity index (χ2n) is 5.04. The van der Waals surface area contributed by atoms with Crippen molar-refractivity contribution in [3.8, 4) is 0 Å². The fourth-order valence-electron chi connectivity index (χ4n) is 2.26. The summed E-state index contributed by atoms with van der Waals surface area (Å²) in [6.07, 6.45) is 3.56. The molecule has 20 heavy (non-hydrogen) atoms. The number of carbonyl (C=O) groups is 2. The van der Waals surface area contributed by atoms with E-state index >= 15 is 0 Å². The van der Waals surface area contributed by atoms with Crippen LogP contribution >= 0.6 is 15.9 Å². The van der Waals surface area contributed by atoms with Crippen molar-refractivity contribution in [1.82, 2.24) is 5.32 Å². The first-order chi connectivity index (χ1) is 9.56. The molecular weight excluding hydrogens is 322 g/mol. The maximum absolute atomic E-state index is 11.9. The van der Waals surface area contributed by atoms with Crippen LogP contribution in [0.4, 0.5) is 0 Å². The number of rotatable bonds is 4. The number of nitrogens with one attached hydrogen (secondary N) is 1. The molecule has 1 saturated carbocycles. The van der Waals surface area contributed by atoms with E-state index in [1.165, 1.54) is 0 Å². The van der Waals surface area contributed by atoms with Crippen LogP contribution in [0, 0.1) is 0 Å². The minimum atomic E-state index is -0.772. The summed E-state index contributed by atoms with van der Waals surface area (Å²) in [7, 11) is 0. The molecule has 1 aromatic carbocycles. The second kappa shape index (κ2) is 6.88. The maximum Gasteiger partial charge on any atom is 0.338 e. The molecule has 0 radical (unpaired) electrons. The van der Waals surface area contributed by atoms with Crippen LogP contribution in [0.1, 0.15) is 43.0 Å². The van der Waals surface area contributed by atoms with Crippen molar-refractivity contribution in [2.45, 2.75) is 44.8 Å². The Hall–Kier alpha value is -1.36. The molecule has 1 aliphatic rings. The first-order valence-corrected chi connectivity index (χ1v) is 7.62. The number of esters is 1. The first-order valence-electron chi connectivity index (χ1n) is 6.83. The van der Waals surface area contributed by atoms with E-state index in [4.69, 9.17) is 4.74 Å². The zero-order valence-electron chi connectivity index (χ0n) is 11.4. The average molecular weight is 340 g/mol. The summed E-state index contributed by atoms with van der Waals surface area (Å²) in [4.78, 5) is 23.8. The summed E-state index contributed by atoms with van der Waals surface area (Å²) >= 11 is 3.30. The summed E-state index contributed by atoms with van der Waals surface area (Å²) in [6.45, 7) is 1.60. The Kier molecular flexibility index (Phi) is 5.17. The van der Waals surface area contributed by atoms with Gasteiger partial charge in [0.15, 0.2) is 6.10 Å². The number of carbonyl (C=O) groups excluding carboxylic acids is 2. The van der Waals surface area contributed by atoms with Crippen LogP contribution in [0.2, 0.25) is 0 Å². The minimum absolute atomic E-state index is 0.220. The molecule has 2 rings (SSSR count). The molecule has 0 aromatic heterocycles. The monoisotopic (exact) mass is 339 g/mol. The number of hydrogen-bond acceptors (Lipinski definition) is 3. The molecule has 0 saturated heterocycles. The molecule has 1 atom stereocenters. The van der Waals surface area contributed by atoms with Gasteiger partial charge >= 0.3 is 5.97 Å². The van der Waals surface area contributed by atoms with Crippen LogP contribution in [0.15, 0.2) is 28.7 Å². The molecule has 0 heterocycles. The van der Waals surface area contributed by atoms with E-state index in [-0.39, 0.29) is 11.9 Å². The van der Waals surface area contributed by atoms with Gasteiger partial charge in [-0.25, -0.2) is 4.79 Å². The van der Waals surface area contributed by atoms with Crippen LogP contribution in [0.3, 0.4) is 0 Å². The van der Waals surface area contributed by atoms with Crippen molar-refractivity contribution < 1.29 is 14.3 Å². The van der Waals surface area contributed by atoms with Gasteiger partial charge in [-0.05, 0) is 44.0 Å². The zero-order valence-corrected chi connectivity index (χ0v) is 13.0. The van der Waals surface area contributed by atoms with E-state index in [0.29, 0.717) is 5.56 Å². The summed E-state index contributed by atoms with van der Waals surface area (Å²) in [5, 5.41) is 2.92. The van der Waals surface area contributed by atoms with E-state index in [0.717, 1.165) is 30.2 Å². The highest BCUT2D eigenvalue weighted by molar-refractivity contribution is 9.10. The van der Waals surface area contributed by atoms with E-state index in [2.05, 4.69) is 21.2 Å². The number of benzene rings is 1. The fourth-order valence-corrected chi connectivity index (χ4v) is 2.52. The Morgan fingerprint density at radius 3 is 2.45 bits per heavy atom. The molecule has 4 nitrogen and oxygen atoms in total. The largest absolute Gasteiger partial charge is 0.449 e. The van der Waals surface area contributed by atoms with Crippen LogP contribution in [0.25, 0.3) is 0 Å². The van der Waals surface area contributed by atoms with E-state index in [1.54, 1.807) is 31.2 Å². The molecule has 1 amide bonds. The second-order valence-corrected chi connectivity index (χ2v) is 5.96. The molecular formula is C15H18BrNO3. The van der Waals surface area contributed by atoms with Gasteiger partial charge in [-0.1, -0.05) is 28.8 Å². The average Bonchev–Trinajstić information content (AvgIpc) is 2.92. The quantitative estimate of drug-likeness (QED) is 0.857. The van der Waals surface area contributed by atoms with Crippen LogP contribution in [-0.2, 0) is 9.53 Å². The Labute approximate surface area is 127 Å². The van der Waals surface area contributed by atoms with Gasteiger partial charge < -0.3 is 10.1 Å². The lowest BCUT2D eigenvalue weighted by atomic mass is 10.2. The van der Waals surface area contributed by atoms with Gasteiger partial charge in [0.05, 0.1) is 5.56 Å². The van der Waals surface area contributed by atoms with Gasteiger partial charge in [0.25, 0.3) is 5.91 Å². The maximum atomic E-state index is 11.9. The van der Waals surface area contributed by atoms with E-state index in [1.807, 2.05) is 0 Å². The standard InChI is InChI=1S/C15H18BrNO3/c1-10(14(18)17-13-4-2-3-5-13)20-15(19)11-6-8-12(16)9-7-11/h6-10,13H,2-5H2,1H3,(H,17,18)/t10-/m0/s1. The van der Waals surface area contributed by atoms with Gasteiger partial charge in [0.1, 0.15) is 0 Å². The molecule has 108 valence electrons. The number of ether oxygens (including phenoxy) is 1. The Morgan fingerprint density at radius 2 is 1.85 bits per heavy atom.